The van der Waals surface area contributed by atoms with Crippen LogP contribution in [0.15, 0.2) is 0 Å². The lowest BCUT2D eigenvalue weighted by Gasteiger charge is -2.32. The highest BCUT2D eigenvalue weighted by Crippen LogP contribution is 2.33. The summed E-state index contributed by atoms with van der Waals surface area (Å²) >= 11 is 0. The summed E-state index contributed by atoms with van der Waals surface area (Å²) in [6.45, 7) is 1.71. The van der Waals surface area contributed by atoms with Gasteiger partial charge < -0.3 is 9.84 Å². The van der Waals surface area contributed by atoms with Gasteiger partial charge in [-0.15, -0.1) is 0 Å². The Morgan fingerprint density at radius 3 is 2.38 bits per heavy atom. The van der Waals surface area contributed by atoms with Gasteiger partial charge >= 0.3 is 0 Å². The van der Waals surface area contributed by atoms with Crippen LogP contribution in [0.5, 0.6) is 0 Å². The summed E-state index contributed by atoms with van der Waals surface area (Å²) in [5, 5.41) is 9.95. The first-order chi connectivity index (χ1) is 6.36. The molecule has 0 aromatic heterocycles. The highest BCUT2D eigenvalue weighted by Gasteiger charge is 2.27. The Morgan fingerprint density at radius 1 is 1.15 bits per heavy atom. The van der Waals surface area contributed by atoms with E-state index in [1.807, 2.05) is 0 Å². The molecule has 1 saturated heterocycles. The molecule has 13 heavy (non-hydrogen) atoms. The maximum Gasteiger partial charge on any atom is 0.0572 e. The predicted octanol–water partition coefficient (Wildman–Crippen LogP) is 1.96. The Bertz CT molecular complexity index is 148. The molecule has 1 saturated carbocycles. The monoisotopic (exact) mass is 184 g/mol. The molecule has 1 aliphatic carbocycles. The maximum atomic E-state index is 9.95. The molecule has 1 N–H and O–H groups in total. The molecule has 2 fully saturated rings. The van der Waals surface area contributed by atoms with Crippen LogP contribution in [-0.2, 0) is 4.74 Å². The van der Waals surface area contributed by atoms with Gasteiger partial charge in [-0.25, -0.2) is 0 Å². The summed E-state index contributed by atoms with van der Waals surface area (Å²) in [5.41, 5.74) is 0. The minimum absolute atomic E-state index is 0.0470. The summed E-state index contributed by atoms with van der Waals surface area (Å²) in [7, 11) is 0. The highest BCUT2D eigenvalue weighted by molar-refractivity contribution is 4.78. The van der Waals surface area contributed by atoms with Crippen molar-refractivity contribution in [2.45, 2.75) is 44.6 Å². The van der Waals surface area contributed by atoms with Gasteiger partial charge in [-0.05, 0) is 31.1 Å². The fourth-order valence-electron chi connectivity index (χ4n) is 2.36. The molecule has 0 bridgehead atoms. The van der Waals surface area contributed by atoms with E-state index in [0.29, 0.717) is 5.92 Å². The molecule has 0 aromatic carbocycles. The Kier molecular flexibility index (Phi) is 3.23. The van der Waals surface area contributed by atoms with E-state index < -0.39 is 0 Å². The first-order valence-electron chi connectivity index (χ1n) is 5.62. The summed E-state index contributed by atoms with van der Waals surface area (Å²) in [6.07, 6.45) is 7.20. The van der Waals surface area contributed by atoms with Gasteiger partial charge in [-0.1, -0.05) is 19.3 Å². The molecule has 1 unspecified atom stereocenters. The number of aliphatic hydroxyl groups excluding tert-OH is 1. The van der Waals surface area contributed by atoms with Gasteiger partial charge in [0.2, 0.25) is 0 Å². The topological polar surface area (TPSA) is 29.5 Å². The highest BCUT2D eigenvalue weighted by atomic mass is 16.5. The molecule has 0 radical (unpaired) electrons. The molecule has 0 aromatic rings. The number of hydrogen-bond donors (Lipinski definition) is 1. The molecule has 0 amide bonds. The van der Waals surface area contributed by atoms with Gasteiger partial charge in [-0.2, -0.15) is 0 Å². The zero-order valence-corrected chi connectivity index (χ0v) is 8.24. The standard InChI is InChI=1S/C11H20O2/c12-11(8-9-2-1-3-9)10-4-6-13-7-5-10/h9-12H,1-8H2. The van der Waals surface area contributed by atoms with E-state index in [1.165, 1.54) is 19.3 Å². The van der Waals surface area contributed by atoms with Crippen LogP contribution in [-0.4, -0.2) is 24.4 Å². The maximum absolute atomic E-state index is 9.95. The van der Waals surface area contributed by atoms with Crippen LogP contribution in [0.1, 0.15) is 38.5 Å². The number of aliphatic hydroxyl groups is 1. The van der Waals surface area contributed by atoms with Crippen molar-refractivity contribution in [1.82, 2.24) is 0 Å². The van der Waals surface area contributed by atoms with Gasteiger partial charge in [0.25, 0.3) is 0 Å². The Hall–Kier alpha value is -0.0800. The molecule has 1 heterocycles. The van der Waals surface area contributed by atoms with Crippen LogP contribution in [0, 0.1) is 11.8 Å². The fraction of sp³-hybridized carbons (Fsp3) is 1.00. The van der Waals surface area contributed by atoms with E-state index in [1.54, 1.807) is 0 Å². The average molecular weight is 184 g/mol. The SMILES string of the molecule is OC(CC1CCC1)C1CCOCC1. The third-order valence-corrected chi connectivity index (χ3v) is 3.61. The molecule has 76 valence electrons. The second-order valence-corrected chi connectivity index (χ2v) is 4.55. The molecule has 0 spiro atoms. The van der Waals surface area contributed by atoms with E-state index in [4.69, 9.17) is 4.74 Å². The zero-order valence-electron chi connectivity index (χ0n) is 8.24. The summed E-state index contributed by atoms with van der Waals surface area (Å²) < 4.78 is 5.28. The van der Waals surface area contributed by atoms with Crippen LogP contribution in [0.2, 0.25) is 0 Å². The van der Waals surface area contributed by atoms with Crippen LogP contribution < -0.4 is 0 Å². The lowest BCUT2D eigenvalue weighted by atomic mass is 9.78. The summed E-state index contributed by atoms with van der Waals surface area (Å²) in [4.78, 5) is 0. The summed E-state index contributed by atoms with van der Waals surface area (Å²) in [5.74, 6) is 1.35. The van der Waals surface area contributed by atoms with Crippen molar-refractivity contribution < 1.29 is 9.84 Å². The van der Waals surface area contributed by atoms with Gasteiger partial charge in [0, 0.05) is 13.2 Å². The fourth-order valence-corrected chi connectivity index (χ4v) is 2.36. The Morgan fingerprint density at radius 2 is 1.85 bits per heavy atom. The lowest BCUT2D eigenvalue weighted by Crippen LogP contribution is -2.30. The van der Waals surface area contributed by atoms with Crippen molar-refractivity contribution in [1.29, 1.82) is 0 Å². The van der Waals surface area contributed by atoms with Crippen LogP contribution in [0.25, 0.3) is 0 Å². The van der Waals surface area contributed by atoms with Crippen molar-refractivity contribution in [3.05, 3.63) is 0 Å². The molecule has 1 aliphatic heterocycles. The quantitative estimate of drug-likeness (QED) is 0.726. The van der Waals surface area contributed by atoms with Gasteiger partial charge in [0.1, 0.15) is 0 Å². The second-order valence-electron chi connectivity index (χ2n) is 4.55. The Labute approximate surface area is 80.3 Å². The number of rotatable bonds is 3. The molecular weight excluding hydrogens is 164 g/mol. The van der Waals surface area contributed by atoms with Gasteiger partial charge in [0.15, 0.2) is 0 Å². The first kappa shape index (κ1) is 9.47. The molecular formula is C11H20O2. The molecule has 2 rings (SSSR count). The molecule has 2 aliphatic rings. The molecule has 2 nitrogen and oxygen atoms in total. The van der Waals surface area contributed by atoms with E-state index in [-0.39, 0.29) is 6.10 Å². The van der Waals surface area contributed by atoms with Crippen molar-refractivity contribution in [2.75, 3.05) is 13.2 Å². The van der Waals surface area contributed by atoms with Crippen LogP contribution in [0.4, 0.5) is 0 Å². The summed E-state index contributed by atoms with van der Waals surface area (Å²) in [6, 6.07) is 0. The van der Waals surface area contributed by atoms with E-state index in [0.717, 1.165) is 38.4 Å². The van der Waals surface area contributed by atoms with Gasteiger partial charge in [0.05, 0.1) is 6.10 Å². The minimum Gasteiger partial charge on any atom is -0.393 e. The third kappa shape index (κ3) is 2.44. The third-order valence-electron chi connectivity index (χ3n) is 3.61. The van der Waals surface area contributed by atoms with Gasteiger partial charge in [-0.3, -0.25) is 0 Å². The van der Waals surface area contributed by atoms with Crippen molar-refractivity contribution in [3.8, 4) is 0 Å². The zero-order chi connectivity index (χ0) is 9.10. The van der Waals surface area contributed by atoms with E-state index in [2.05, 4.69) is 0 Å². The van der Waals surface area contributed by atoms with Crippen molar-refractivity contribution >= 4 is 0 Å². The Balaban J connectivity index is 1.70. The number of hydrogen-bond acceptors (Lipinski definition) is 2. The lowest BCUT2D eigenvalue weighted by molar-refractivity contribution is -0.00646. The average Bonchev–Trinajstić information content (AvgIpc) is 2.12. The second kappa shape index (κ2) is 4.43. The smallest absolute Gasteiger partial charge is 0.0572 e. The van der Waals surface area contributed by atoms with E-state index >= 15 is 0 Å². The molecule has 2 heteroatoms. The normalized spacial score (nSPS) is 28.4. The molecule has 1 atom stereocenters. The van der Waals surface area contributed by atoms with Crippen LogP contribution >= 0.6 is 0 Å². The minimum atomic E-state index is -0.0470. The largest absolute Gasteiger partial charge is 0.393 e. The van der Waals surface area contributed by atoms with E-state index in [9.17, 15) is 5.11 Å². The number of ether oxygens (including phenoxy) is 1. The van der Waals surface area contributed by atoms with Crippen molar-refractivity contribution in [2.24, 2.45) is 11.8 Å². The van der Waals surface area contributed by atoms with Crippen LogP contribution in [0.3, 0.4) is 0 Å². The first-order valence-corrected chi connectivity index (χ1v) is 5.62. The predicted molar refractivity (Wildman–Crippen MR) is 51.5 cm³/mol. The van der Waals surface area contributed by atoms with Crippen molar-refractivity contribution in [3.63, 3.8) is 0 Å².